The van der Waals surface area contributed by atoms with Gasteiger partial charge >= 0.3 is 5.97 Å². The van der Waals surface area contributed by atoms with Crippen LogP contribution in [0.2, 0.25) is 0 Å². The number of nitro groups is 1. The first-order chi connectivity index (χ1) is 13.0. The molecular weight excluding hydrogens is 352 g/mol. The van der Waals surface area contributed by atoms with Crippen molar-refractivity contribution in [3.8, 4) is 5.75 Å². The Morgan fingerprint density at radius 1 is 1.19 bits per heavy atom. The number of anilines is 1. The number of ether oxygens (including phenoxy) is 2. The van der Waals surface area contributed by atoms with E-state index >= 15 is 0 Å². The van der Waals surface area contributed by atoms with Crippen LogP contribution >= 0.6 is 0 Å². The summed E-state index contributed by atoms with van der Waals surface area (Å²) in [4.78, 5) is 34.6. The van der Waals surface area contributed by atoms with Crippen LogP contribution in [-0.2, 0) is 14.3 Å². The number of methoxy groups -OCH3 is 1. The second-order valence-corrected chi connectivity index (χ2v) is 5.67. The van der Waals surface area contributed by atoms with Crippen molar-refractivity contribution in [1.82, 2.24) is 0 Å². The van der Waals surface area contributed by atoms with E-state index in [1.54, 1.807) is 0 Å². The molecule has 0 spiro atoms. The van der Waals surface area contributed by atoms with Crippen molar-refractivity contribution in [2.24, 2.45) is 0 Å². The molecule has 2 rings (SSSR count). The van der Waals surface area contributed by atoms with E-state index < -0.39 is 29.3 Å². The number of amides is 1. The lowest BCUT2D eigenvalue weighted by Crippen LogP contribution is -2.24. The van der Waals surface area contributed by atoms with Crippen LogP contribution in [0.15, 0.2) is 48.5 Å². The first-order valence-electron chi connectivity index (χ1n) is 8.30. The number of rotatable bonds is 8. The van der Waals surface area contributed by atoms with E-state index in [0.717, 1.165) is 5.56 Å². The Morgan fingerprint density at radius 2 is 1.89 bits per heavy atom. The molecule has 0 saturated heterocycles. The number of nitrogens with zero attached hydrogens (tertiary/aromatic N) is 1. The smallest absolute Gasteiger partial charge is 0.313 e. The van der Waals surface area contributed by atoms with Crippen LogP contribution in [0, 0.1) is 10.1 Å². The number of esters is 1. The molecule has 1 N–H and O–H groups in total. The lowest BCUT2D eigenvalue weighted by atomic mass is 9.97. The molecule has 0 heterocycles. The maximum absolute atomic E-state index is 12.3. The molecule has 0 fully saturated rings. The molecule has 8 nitrogen and oxygen atoms in total. The first kappa shape index (κ1) is 19.9. The van der Waals surface area contributed by atoms with E-state index in [1.807, 2.05) is 37.3 Å². The fourth-order valence-electron chi connectivity index (χ4n) is 2.54. The van der Waals surface area contributed by atoms with Gasteiger partial charge < -0.3 is 14.8 Å². The molecule has 2 aromatic rings. The summed E-state index contributed by atoms with van der Waals surface area (Å²) in [7, 11) is 1.33. The molecule has 1 atom stereocenters. The molecule has 8 heteroatoms. The zero-order chi connectivity index (χ0) is 19.8. The van der Waals surface area contributed by atoms with Gasteiger partial charge in [-0.05, 0) is 18.1 Å². The fourth-order valence-corrected chi connectivity index (χ4v) is 2.54. The van der Waals surface area contributed by atoms with Gasteiger partial charge in [-0.1, -0.05) is 37.3 Å². The molecule has 27 heavy (non-hydrogen) atoms. The minimum Gasteiger partial charge on any atom is -0.494 e. The number of carbonyl (C=O) groups is 2. The summed E-state index contributed by atoms with van der Waals surface area (Å²) in [6, 6.07) is 13.0. The first-order valence-corrected chi connectivity index (χ1v) is 8.30. The predicted octanol–water partition coefficient (Wildman–Crippen LogP) is 3.28. The summed E-state index contributed by atoms with van der Waals surface area (Å²) >= 11 is 0. The summed E-state index contributed by atoms with van der Waals surface area (Å²) in [5.41, 5.74) is 0.909. The minimum atomic E-state index is -0.571. The quantitative estimate of drug-likeness (QED) is 0.433. The Balaban J connectivity index is 1.98. The monoisotopic (exact) mass is 372 g/mol. The molecule has 0 aliphatic carbocycles. The van der Waals surface area contributed by atoms with Gasteiger partial charge in [-0.3, -0.25) is 19.7 Å². The summed E-state index contributed by atoms with van der Waals surface area (Å²) in [6.45, 7) is 1.39. The zero-order valence-corrected chi connectivity index (χ0v) is 15.0. The second-order valence-electron chi connectivity index (χ2n) is 5.67. The van der Waals surface area contributed by atoms with Crippen LogP contribution in [0.3, 0.4) is 0 Å². The lowest BCUT2D eigenvalue weighted by Gasteiger charge is -2.15. The number of non-ortho nitro benzene ring substituents is 1. The third-order valence-corrected chi connectivity index (χ3v) is 3.91. The van der Waals surface area contributed by atoms with E-state index in [2.05, 4.69) is 5.32 Å². The normalized spacial score (nSPS) is 11.3. The zero-order valence-electron chi connectivity index (χ0n) is 15.0. The number of hydrogen-bond donors (Lipinski definition) is 1. The molecule has 1 amide bonds. The molecule has 1 unspecified atom stereocenters. The van der Waals surface area contributed by atoms with Crippen LogP contribution in [0.25, 0.3) is 0 Å². The highest BCUT2D eigenvalue weighted by Gasteiger charge is 2.21. The van der Waals surface area contributed by atoms with Crippen molar-refractivity contribution in [3.63, 3.8) is 0 Å². The maximum Gasteiger partial charge on any atom is 0.313 e. The van der Waals surface area contributed by atoms with Crippen molar-refractivity contribution in [3.05, 3.63) is 64.2 Å². The van der Waals surface area contributed by atoms with Crippen LogP contribution in [0.4, 0.5) is 11.4 Å². The van der Waals surface area contributed by atoms with Gasteiger partial charge in [0.15, 0.2) is 6.61 Å². The van der Waals surface area contributed by atoms with Crippen molar-refractivity contribution >= 4 is 23.3 Å². The molecular formula is C19H20N2O6. The van der Waals surface area contributed by atoms with Gasteiger partial charge in [0.1, 0.15) is 5.75 Å². The lowest BCUT2D eigenvalue weighted by molar-refractivity contribution is -0.384. The maximum atomic E-state index is 12.3. The minimum absolute atomic E-state index is 0.139. The van der Waals surface area contributed by atoms with Crippen molar-refractivity contribution in [2.75, 3.05) is 19.0 Å². The Kier molecular flexibility index (Phi) is 6.87. The van der Waals surface area contributed by atoms with Gasteiger partial charge in [-0.2, -0.15) is 0 Å². The topological polar surface area (TPSA) is 108 Å². The van der Waals surface area contributed by atoms with Crippen molar-refractivity contribution in [2.45, 2.75) is 19.3 Å². The molecule has 0 aromatic heterocycles. The van der Waals surface area contributed by atoms with E-state index in [4.69, 9.17) is 9.47 Å². The van der Waals surface area contributed by atoms with Gasteiger partial charge in [0.2, 0.25) is 0 Å². The fraction of sp³-hybridized carbons (Fsp3) is 0.263. The molecule has 0 bridgehead atoms. The van der Waals surface area contributed by atoms with E-state index in [-0.39, 0.29) is 17.1 Å². The third-order valence-electron chi connectivity index (χ3n) is 3.91. The van der Waals surface area contributed by atoms with Gasteiger partial charge in [0.05, 0.1) is 29.7 Å². The number of hydrogen-bond acceptors (Lipinski definition) is 6. The van der Waals surface area contributed by atoms with Crippen LogP contribution in [0.1, 0.15) is 24.8 Å². The van der Waals surface area contributed by atoms with E-state index in [1.165, 1.54) is 25.3 Å². The van der Waals surface area contributed by atoms with Crippen LogP contribution in [-0.4, -0.2) is 30.5 Å². The van der Waals surface area contributed by atoms with Gasteiger partial charge in [-0.15, -0.1) is 0 Å². The number of benzene rings is 2. The van der Waals surface area contributed by atoms with E-state index in [9.17, 15) is 19.7 Å². The highest BCUT2D eigenvalue weighted by atomic mass is 16.6. The SMILES string of the molecule is CCC(C(=O)OCC(=O)Nc1ccc([N+](=O)[O-])cc1OC)c1ccccc1. The summed E-state index contributed by atoms with van der Waals surface area (Å²) in [5.74, 6) is -1.37. The Bertz CT molecular complexity index is 822. The van der Waals surface area contributed by atoms with E-state index in [0.29, 0.717) is 6.42 Å². The van der Waals surface area contributed by atoms with Crippen LogP contribution in [0.5, 0.6) is 5.75 Å². The average Bonchev–Trinajstić information content (AvgIpc) is 2.68. The number of carbonyl (C=O) groups excluding carboxylic acids is 2. The summed E-state index contributed by atoms with van der Waals surface area (Å²) in [6.07, 6.45) is 0.542. The van der Waals surface area contributed by atoms with Crippen molar-refractivity contribution < 1.29 is 24.0 Å². The largest absolute Gasteiger partial charge is 0.494 e. The predicted molar refractivity (Wildman–Crippen MR) is 98.7 cm³/mol. The number of nitrogens with one attached hydrogen (secondary N) is 1. The third kappa shape index (κ3) is 5.27. The Hall–Kier alpha value is -3.42. The summed E-state index contributed by atoms with van der Waals surface area (Å²) in [5, 5.41) is 13.3. The number of nitro benzene ring substituents is 1. The van der Waals surface area contributed by atoms with Gasteiger partial charge in [0.25, 0.3) is 11.6 Å². The second kappa shape index (κ2) is 9.33. The highest BCUT2D eigenvalue weighted by Crippen LogP contribution is 2.29. The Morgan fingerprint density at radius 3 is 2.48 bits per heavy atom. The molecule has 0 radical (unpaired) electrons. The Labute approximate surface area is 156 Å². The van der Waals surface area contributed by atoms with Gasteiger partial charge in [0, 0.05) is 6.07 Å². The van der Waals surface area contributed by atoms with Crippen molar-refractivity contribution in [1.29, 1.82) is 0 Å². The average molecular weight is 372 g/mol. The van der Waals surface area contributed by atoms with Gasteiger partial charge in [-0.25, -0.2) is 0 Å². The molecule has 2 aromatic carbocycles. The molecule has 142 valence electrons. The highest BCUT2D eigenvalue weighted by molar-refractivity contribution is 5.94. The summed E-state index contributed by atoms with van der Waals surface area (Å²) < 4.78 is 10.2. The standard InChI is InChI=1S/C19H20N2O6/c1-3-15(13-7-5-4-6-8-13)19(23)27-12-18(22)20-16-10-9-14(21(24)25)11-17(16)26-2/h4-11,15H,3,12H2,1-2H3,(H,20,22). The molecule has 0 aliphatic rings. The van der Waals surface area contributed by atoms with Crippen LogP contribution < -0.4 is 10.1 Å². The molecule has 0 saturated carbocycles. The molecule has 0 aliphatic heterocycles.